The summed E-state index contributed by atoms with van der Waals surface area (Å²) < 4.78 is 1.90. The summed E-state index contributed by atoms with van der Waals surface area (Å²) in [7, 11) is 0. The van der Waals surface area contributed by atoms with Crippen LogP contribution in [-0.4, -0.2) is 32.8 Å². The van der Waals surface area contributed by atoms with Crippen molar-refractivity contribution in [2.24, 2.45) is 11.8 Å². The van der Waals surface area contributed by atoms with Gasteiger partial charge in [0.15, 0.2) is 5.65 Å². The number of rotatable bonds is 5. The highest BCUT2D eigenvalue weighted by Crippen LogP contribution is 2.46. The second-order valence-electron chi connectivity index (χ2n) is 9.52. The average Bonchev–Trinajstić information content (AvgIpc) is 3.56. The largest absolute Gasteiger partial charge is 0.381 e. The first-order valence-corrected chi connectivity index (χ1v) is 11.7. The molecule has 160 valence electrons. The number of fused-ring (bicyclic) bond motifs is 4. The summed E-state index contributed by atoms with van der Waals surface area (Å²) in [6.45, 7) is 2.82. The average molecular weight is 416 g/mol. The quantitative estimate of drug-likeness (QED) is 0.662. The predicted octanol–water partition coefficient (Wildman–Crippen LogP) is 3.95. The Morgan fingerprint density at radius 3 is 2.61 bits per heavy atom. The van der Waals surface area contributed by atoms with Crippen LogP contribution < -0.4 is 10.6 Å². The number of hydrogen-bond acceptors (Lipinski definition) is 4. The van der Waals surface area contributed by atoms with Crippen molar-refractivity contribution in [1.82, 2.24) is 20.1 Å². The second-order valence-corrected chi connectivity index (χ2v) is 9.52. The van der Waals surface area contributed by atoms with Crippen LogP contribution in [-0.2, 0) is 19.4 Å². The molecule has 3 atom stereocenters. The van der Waals surface area contributed by atoms with Crippen LogP contribution >= 0.6 is 0 Å². The van der Waals surface area contributed by atoms with Gasteiger partial charge in [0.05, 0.1) is 22.8 Å². The predicted molar refractivity (Wildman–Crippen MR) is 121 cm³/mol. The van der Waals surface area contributed by atoms with Gasteiger partial charge >= 0.3 is 0 Å². The van der Waals surface area contributed by atoms with Crippen LogP contribution in [0.3, 0.4) is 0 Å². The van der Waals surface area contributed by atoms with Gasteiger partial charge in [0, 0.05) is 24.8 Å². The maximum absolute atomic E-state index is 13.4. The van der Waals surface area contributed by atoms with E-state index in [0.717, 1.165) is 47.9 Å². The number of anilines is 1. The van der Waals surface area contributed by atoms with E-state index in [0.29, 0.717) is 11.6 Å². The summed E-state index contributed by atoms with van der Waals surface area (Å²) in [5.74, 6) is 1.52. The maximum atomic E-state index is 13.4. The Hall–Kier alpha value is -2.89. The summed E-state index contributed by atoms with van der Waals surface area (Å²) in [6.07, 6.45) is 10.6. The molecule has 31 heavy (non-hydrogen) atoms. The van der Waals surface area contributed by atoms with Crippen molar-refractivity contribution in [3.05, 3.63) is 53.3 Å². The number of nitrogens with one attached hydrogen (secondary N) is 2. The van der Waals surface area contributed by atoms with Crippen molar-refractivity contribution >= 4 is 22.6 Å². The molecule has 3 aromatic rings. The molecule has 0 saturated heterocycles. The molecule has 3 aliphatic rings. The Balaban J connectivity index is 1.31. The van der Waals surface area contributed by atoms with Crippen LogP contribution in [0.15, 0.2) is 36.7 Å². The van der Waals surface area contributed by atoms with Crippen molar-refractivity contribution < 1.29 is 4.79 Å². The monoisotopic (exact) mass is 415 g/mol. The topological polar surface area (TPSA) is 71.8 Å². The molecule has 2 fully saturated rings. The van der Waals surface area contributed by atoms with Gasteiger partial charge in [-0.15, -0.1) is 0 Å². The van der Waals surface area contributed by atoms with Crippen LogP contribution in [0.25, 0.3) is 11.0 Å². The number of pyridine rings is 1. The minimum Gasteiger partial charge on any atom is -0.381 e. The van der Waals surface area contributed by atoms with Gasteiger partial charge in [0.25, 0.3) is 5.91 Å². The van der Waals surface area contributed by atoms with Crippen molar-refractivity contribution in [2.75, 3.05) is 5.32 Å². The normalized spacial score (nSPS) is 24.6. The Morgan fingerprint density at radius 1 is 1.13 bits per heavy atom. The Morgan fingerprint density at radius 2 is 1.94 bits per heavy atom. The molecule has 6 nitrogen and oxygen atoms in total. The smallest absolute Gasteiger partial charge is 0.255 e. The van der Waals surface area contributed by atoms with E-state index >= 15 is 0 Å². The highest BCUT2D eigenvalue weighted by atomic mass is 16.1. The Kier molecular flexibility index (Phi) is 4.47. The van der Waals surface area contributed by atoms with Gasteiger partial charge in [-0.2, -0.15) is 5.10 Å². The van der Waals surface area contributed by atoms with Gasteiger partial charge in [-0.3, -0.25) is 4.79 Å². The lowest BCUT2D eigenvalue weighted by molar-refractivity contribution is 0.0939. The van der Waals surface area contributed by atoms with Gasteiger partial charge < -0.3 is 10.6 Å². The van der Waals surface area contributed by atoms with Crippen molar-refractivity contribution in [1.29, 1.82) is 0 Å². The zero-order valence-corrected chi connectivity index (χ0v) is 18.0. The van der Waals surface area contributed by atoms with Crippen molar-refractivity contribution in [2.45, 2.75) is 64.1 Å². The third-order valence-corrected chi connectivity index (χ3v) is 7.66. The first kappa shape index (κ1) is 18.8. The highest BCUT2D eigenvalue weighted by molar-refractivity contribution is 6.06. The third-order valence-electron chi connectivity index (χ3n) is 7.66. The van der Waals surface area contributed by atoms with E-state index in [4.69, 9.17) is 0 Å². The van der Waals surface area contributed by atoms with Crippen LogP contribution in [0.1, 0.15) is 54.1 Å². The third kappa shape index (κ3) is 3.20. The first-order valence-electron chi connectivity index (χ1n) is 11.7. The van der Waals surface area contributed by atoms with E-state index in [1.165, 1.54) is 36.8 Å². The summed E-state index contributed by atoms with van der Waals surface area (Å²) in [6, 6.07) is 9.05. The fourth-order valence-electron chi connectivity index (χ4n) is 6.12. The molecule has 2 bridgehead atoms. The van der Waals surface area contributed by atoms with Crippen molar-refractivity contribution in [3.63, 3.8) is 0 Å². The summed E-state index contributed by atoms with van der Waals surface area (Å²) >= 11 is 0. The number of carbonyl (C=O) groups is 1. The van der Waals surface area contributed by atoms with E-state index in [1.807, 2.05) is 10.9 Å². The molecule has 0 radical (unpaired) electrons. The van der Waals surface area contributed by atoms with E-state index in [9.17, 15) is 4.79 Å². The van der Waals surface area contributed by atoms with Crippen LogP contribution in [0.5, 0.6) is 0 Å². The number of aryl methyl sites for hydroxylation is 1. The molecular formula is C25H29N5O. The molecule has 2 aromatic heterocycles. The molecule has 2 heterocycles. The van der Waals surface area contributed by atoms with Gasteiger partial charge in [0.1, 0.15) is 0 Å². The molecule has 0 aliphatic heterocycles. The zero-order valence-electron chi connectivity index (χ0n) is 18.0. The minimum atomic E-state index is -0.0397. The Bertz CT molecular complexity index is 1130. The van der Waals surface area contributed by atoms with E-state index in [-0.39, 0.29) is 11.9 Å². The number of aromatic nitrogens is 3. The van der Waals surface area contributed by atoms with Gasteiger partial charge in [0.2, 0.25) is 0 Å². The number of carbonyl (C=O) groups excluding carboxylic acids is 1. The molecule has 1 aromatic carbocycles. The molecule has 1 amide bonds. The summed E-state index contributed by atoms with van der Waals surface area (Å²) in [4.78, 5) is 18.0. The Labute approximate surface area is 182 Å². The van der Waals surface area contributed by atoms with Gasteiger partial charge in [-0.1, -0.05) is 30.7 Å². The molecular weight excluding hydrogens is 386 g/mol. The van der Waals surface area contributed by atoms with Gasteiger partial charge in [-0.05, 0) is 62.0 Å². The molecule has 0 unspecified atom stereocenters. The minimum absolute atomic E-state index is 0.0397. The summed E-state index contributed by atoms with van der Waals surface area (Å²) in [5.41, 5.74) is 5.08. The summed E-state index contributed by atoms with van der Waals surface area (Å²) in [5, 5.41) is 12.5. The molecule has 6 rings (SSSR count). The molecule has 2 saturated carbocycles. The van der Waals surface area contributed by atoms with E-state index in [1.54, 1.807) is 6.20 Å². The van der Waals surface area contributed by atoms with E-state index < -0.39 is 0 Å². The molecule has 2 N–H and O–H groups in total. The number of benzene rings is 1. The molecule has 0 spiro atoms. The lowest BCUT2D eigenvalue weighted by Gasteiger charge is -2.26. The van der Waals surface area contributed by atoms with Crippen LogP contribution in [0, 0.1) is 11.8 Å². The number of nitrogens with zero attached hydrogens (tertiary/aromatic N) is 3. The highest BCUT2D eigenvalue weighted by Gasteiger charge is 2.40. The van der Waals surface area contributed by atoms with E-state index in [2.05, 4.69) is 51.9 Å². The zero-order chi connectivity index (χ0) is 20.9. The van der Waals surface area contributed by atoms with Crippen molar-refractivity contribution in [3.8, 4) is 0 Å². The molecule has 6 heteroatoms. The number of hydrogen-bond donors (Lipinski definition) is 2. The van der Waals surface area contributed by atoms with Gasteiger partial charge in [-0.25, -0.2) is 9.67 Å². The van der Waals surface area contributed by atoms with Crippen LogP contribution in [0.2, 0.25) is 0 Å². The fraction of sp³-hybridized carbons (Fsp3) is 0.480. The first-order chi connectivity index (χ1) is 15.2. The SMILES string of the molecule is CCn1ncc2c(N[C@@H]3C[C@@H]4CC[C@@H]3C4)c(C(=O)NC3Cc4ccccc4C3)cnc21. The lowest BCUT2D eigenvalue weighted by Crippen LogP contribution is -2.36. The lowest BCUT2D eigenvalue weighted by atomic mass is 9.94. The fourth-order valence-corrected chi connectivity index (χ4v) is 6.12. The standard InChI is InChI=1S/C25H29N5O/c1-2-30-24-20(14-27-30)23(29-22-10-15-7-8-18(22)9-15)21(13-26-24)25(31)28-19-11-16-5-3-4-6-17(16)12-19/h3-6,13-15,18-19,22H,2,7-12H2,1H3,(H,26,29)(H,28,31)/t15-,18-,22-/m1/s1. The number of amides is 1. The second kappa shape index (κ2) is 7.36. The van der Waals surface area contributed by atoms with Crippen LogP contribution in [0.4, 0.5) is 5.69 Å². The molecule has 3 aliphatic carbocycles. The maximum Gasteiger partial charge on any atom is 0.255 e.